The Kier molecular flexibility index (Phi) is 11.0. The standard InChI is InChI=1S/C13H12IO.C13H12OS.CH4/c1-15-13-9-7-12(8-10-13)14-11-5-3-2-4-6-11;1-14-11-7-9-13(10-8-11)15-12-5-3-2-4-6-12;/h2*2-10H,1H3;1H4/q+1;;/p+1. The molecular formula is C27H29IO2S+2. The van der Waals surface area contributed by atoms with Crippen molar-refractivity contribution in [2.24, 2.45) is 0 Å². The van der Waals surface area contributed by atoms with Crippen LogP contribution in [0, 0.1) is 7.14 Å². The van der Waals surface area contributed by atoms with E-state index in [4.69, 9.17) is 9.47 Å². The third-order valence-corrected chi connectivity index (χ3v) is 7.88. The highest BCUT2D eigenvalue weighted by Crippen LogP contribution is 2.16. The summed E-state index contributed by atoms with van der Waals surface area (Å²) >= 11 is 1.19. The molecule has 160 valence electrons. The van der Waals surface area contributed by atoms with Crippen molar-refractivity contribution in [2.45, 2.75) is 17.2 Å². The van der Waals surface area contributed by atoms with Gasteiger partial charge in [-0.15, -0.1) is 0 Å². The molecule has 31 heavy (non-hydrogen) atoms. The van der Waals surface area contributed by atoms with Crippen LogP contribution >= 0.6 is 0 Å². The molecule has 2 nitrogen and oxygen atoms in total. The van der Waals surface area contributed by atoms with E-state index < -0.39 is 0 Å². The zero-order valence-electron chi connectivity index (χ0n) is 17.0. The zero-order chi connectivity index (χ0) is 21.0. The Morgan fingerprint density at radius 2 is 0.935 bits per heavy atom. The fourth-order valence-corrected chi connectivity index (χ4v) is 5.68. The van der Waals surface area contributed by atoms with Gasteiger partial charge in [-0.2, -0.15) is 0 Å². The molecule has 0 aromatic heterocycles. The van der Waals surface area contributed by atoms with Gasteiger partial charge in [0.15, 0.2) is 16.9 Å². The van der Waals surface area contributed by atoms with E-state index in [9.17, 15) is 0 Å². The highest BCUT2D eigenvalue weighted by molar-refractivity contribution is 7.78. The molecule has 4 aromatic carbocycles. The minimum atomic E-state index is -0.0449. The minimum Gasteiger partial charge on any atom is -0.497 e. The number of hydrogen-bond donors (Lipinski definition) is 0. The quantitative estimate of drug-likeness (QED) is 0.211. The van der Waals surface area contributed by atoms with Crippen LogP contribution in [0.3, 0.4) is 0 Å². The number of ether oxygens (including phenoxy) is 2. The lowest BCUT2D eigenvalue weighted by atomic mass is 10.3. The van der Waals surface area contributed by atoms with Crippen LogP contribution in [0.25, 0.3) is 0 Å². The molecule has 0 fully saturated rings. The van der Waals surface area contributed by atoms with Crippen LogP contribution in [0.2, 0.25) is 0 Å². The van der Waals surface area contributed by atoms with Crippen LogP contribution < -0.4 is 30.7 Å². The maximum Gasteiger partial charge on any atom is 0.357 e. The van der Waals surface area contributed by atoms with Crippen molar-refractivity contribution in [3.05, 3.63) is 116 Å². The Morgan fingerprint density at radius 3 is 1.45 bits per heavy atom. The SMILES string of the molecule is C.COc1ccc([I+]c2ccccc2)cc1.COc1ccc([SH+]c2ccccc2)cc1. The van der Waals surface area contributed by atoms with E-state index in [2.05, 4.69) is 78.9 Å². The average molecular weight is 544 g/mol. The van der Waals surface area contributed by atoms with Gasteiger partial charge in [0.2, 0.25) is 0 Å². The summed E-state index contributed by atoms with van der Waals surface area (Å²) in [5, 5.41) is 0. The van der Waals surface area contributed by atoms with Crippen LogP contribution in [-0.4, -0.2) is 14.2 Å². The van der Waals surface area contributed by atoms with Crippen molar-refractivity contribution in [1.29, 1.82) is 0 Å². The molecule has 4 aromatic rings. The summed E-state index contributed by atoms with van der Waals surface area (Å²) in [5.74, 6) is 1.83. The lowest BCUT2D eigenvalue weighted by molar-refractivity contribution is -0.597. The minimum absolute atomic E-state index is 0. The number of methoxy groups -OCH3 is 2. The van der Waals surface area contributed by atoms with Crippen LogP contribution in [0.1, 0.15) is 7.43 Å². The van der Waals surface area contributed by atoms with Gasteiger partial charge in [0, 0.05) is 11.8 Å². The van der Waals surface area contributed by atoms with E-state index in [1.54, 1.807) is 14.2 Å². The normalized spacial score (nSPS) is 9.61. The van der Waals surface area contributed by atoms with Crippen molar-refractivity contribution >= 4 is 11.8 Å². The maximum atomic E-state index is 5.13. The second-order valence-electron chi connectivity index (χ2n) is 6.19. The molecule has 0 bridgehead atoms. The highest BCUT2D eigenvalue weighted by atomic mass is 127. The van der Waals surface area contributed by atoms with Crippen LogP contribution in [0.4, 0.5) is 0 Å². The summed E-state index contributed by atoms with van der Waals surface area (Å²) < 4.78 is 13.1. The predicted molar refractivity (Wildman–Crippen MR) is 128 cm³/mol. The Balaban J connectivity index is 0.000000213. The van der Waals surface area contributed by atoms with Crippen LogP contribution in [-0.2, 0) is 11.8 Å². The second kappa shape index (κ2) is 13.8. The molecule has 0 radical (unpaired) electrons. The molecule has 0 saturated heterocycles. The average Bonchev–Trinajstić information content (AvgIpc) is 2.82. The van der Waals surface area contributed by atoms with Crippen molar-refractivity contribution in [2.75, 3.05) is 14.2 Å². The van der Waals surface area contributed by atoms with Gasteiger partial charge in [-0.1, -0.05) is 43.8 Å². The fraction of sp³-hybridized carbons (Fsp3) is 0.111. The van der Waals surface area contributed by atoms with Crippen molar-refractivity contribution < 1.29 is 30.7 Å². The summed E-state index contributed by atoms with van der Waals surface area (Å²) in [5.41, 5.74) is 0. The first-order valence-corrected chi connectivity index (χ1v) is 12.6. The summed E-state index contributed by atoms with van der Waals surface area (Å²) in [7, 11) is 3.38. The number of benzene rings is 4. The van der Waals surface area contributed by atoms with Gasteiger partial charge in [0.05, 0.1) is 14.2 Å². The van der Waals surface area contributed by atoms with Gasteiger partial charge in [-0.3, -0.25) is 0 Å². The van der Waals surface area contributed by atoms with E-state index in [-0.39, 0.29) is 28.6 Å². The smallest absolute Gasteiger partial charge is 0.357 e. The lowest BCUT2D eigenvalue weighted by Crippen LogP contribution is -3.61. The van der Waals surface area contributed by atoms with E-state index in [0.29, 0.717) is 0 Å². The topological polar surface area (TPSA) is 18.5 Å². The summed E-state index contributed by atoms with van der Waals surface area (Å²) in [6.07, 6.45) is 0. The third-order valence-electron chi connectivity index (χ3n) is 4.09. The molecule has 0 aliphatic rings. The summed E-state index contributed by atoms with van der Waals surface area (Å²) in [6, 6.07) is 37.6. The van der Waals surface area contributed by atoms with Gasteiger partial charge in [0.1, 0.15) is 11.5 Å². The molecular weight excluding hydrogens is 515 g/mol. The molecule has 0 spiro atoms. The largest absolute Gasteiger partial charge is 0.497 e. The van der Waals surface area contributed by atoms with Crippen molar-refractivity contribution in [3.8, 4) is 11.5 Å². The zero-order valence-corrected chi connectivity index (χ0v) is 20.1. The Bertz CT molecular complexity index is 904. The monoisotopic (exact) mass is 544 g/mol. The number of halogens is 1. The first-order valence-electron chi connectivity index (χ1n) is 9.51. The molecule has 0 aliphatic carbocycles. The highest BCUT2D eigenvalue weighted by Gasteiger charge is 2.14. The molecule has 0 aliphatic heterocycles. The fourth-order valence-electron chi connectivity index (χ4n) is 2.55. The number of thiol groups is 1. The molecule has 0 N–H and O–H groups in total. The first kappa shape index (κ1) is 24.8. The first-order chi connectivity index (χ1) is 14.8. The van der Waals surface area contributed by atoms with E-state index >= 15 is 0 Å². The van der Waals surface area contributed by atoms with Gasteiger partial charge in [0.25, 0.3) is 0 Å². The van der Waals surface area contributed by atoms with E-state index in [0.717, 1.165) is 11.5 Å². The molecule has 4 rings (SSSR count). The molecule has 4 heteroatoms. The maximum absolute atomic E-state index is 5.13. The van der Waals surface area contributed by atoms with E-state index in [1.165, 1.54) is 28.7 Å². The van der Waals surface area contributed by atoms with Crippen LogP contribution in [0.15, 0.2) is 119 Å². The van der Waals surface area contributed by atoms with Crippen LogP contribution in [0.5, 0.6) is 11.5 Å². The lowest BCUT2D eigenvalue weighted by Gasteiger charge is -1.97. The third kappa shape index (κ3) is 8.67. The number of rotatable bonds is 6. The predicted octanol–water partition coefficient (Wildman–Crippen LogP) is 3.39. The second-order valence-corrected chi connectivity index (χ2v) is 10.5. The molecule has 0 heterocycles. The molecule has 0 saturated carbocycles. The number of hydrogen-bond acceptors (Lipinski definition) is 2. The van der Waals surface area contributed by atoms with E-state index in [1.807, 2.05) is 30.3 Å². The summed E-state index contributed by atoms with van der Waals surface area (Å²) in [6.45, 7) is 0. The molecule has 0 amide bonds. The Hall–Kier alpha value is -2.44. The molecule has 0 atom stereocenters. The summed E-state index contributed by atoms with van der Waals surface area (Å²) in [4.78, 5) is 2.59. The van der Waals surface area contributed by atoms with Gasteiger partial charge >= 0.3 is 21.2 Å². The molecule has 0 unspecified atom stereocenters. The Morgan fingerprint density at radius 1 is 0.516 bits per heavy atom. The van der Waals surface area contributed by atoms with Crippen molar-refractivity contribution in [3.63, 3.8) is 0 Å². The Labute approximate surface area is 200 Å². The van der Waals surface area contributed by atoms with Gasteiger partial charge < -0.3 is 9.47 Å². The van der Waals surface area contributed by atoms with Gasteiger partial charge in [-0.05, 0) is 72.8 Å². The van der Waals surface area contributed by atoms with Crippen molar-refractivity contribution in [1.82, 2.24) is 0 Å². The van der Waals surface area contributed by atoms with Gasteiger partial charge in [-0.25, -0.2) is 0 Å².